The largest absolute Gasteiger partial charge is 0.481 e. The quantitative estimate of drug-likeness (QED) is 0.362. The Morgan fingerprint density at radius 2 is 2.03 bits per heavy atom. The molecule has 9 heteroatoms. The molecule has 0 aliphatic carbocycles. The first-order valence-electron chi connectivity index (χ1n) is 11.6. The first kappa shape index (κ1) is 25.3. The summed E-state index contributed by atoms with van der Waals surface area (Å²) in [5, 5.41) is 20.0. The van der Waals surface area contributed by atoms with Crippen LogP contribution in [0, 0.1) is 17.8 Å². The Bertz CT molecular complexity index is 975. The van der Waals surface area contributed by atoms with Crippen molar-refractivity contribution in [3.63, 3.8) is 0 Å². The molecule has 4 rings (SSSR count). The fraction of sp³-hybridized carbons (Fsp3) is 0.560. The molecule has 7 nitrogen and oxygen atoms in total. The van der Waals surface area contributed by atoms with Crippen molar-refractivity contribution in [2.75, 3.05) is 13.2 Å². The summed E-state index contributed by atoms with van der Waals surface area (Å²) in [4.78, 5) is 43.6. The molecule has 2 N–H and O–H groups in total. The van der Waals surface area contributed by atoms with Gasteiger partial charge in [-0.25, -0.2) is 0 Å². The molecule has 3 aliphatic heterocycles. The van der Waals surface area contributed by atoms with Gasteiger partial charge in [-0.3, -0.25) is 14.4 Å². The van der Waals surface area contributed by atoms with Gasteiger partial charge in [-0.1, -0.05) is 66.2 Å². The summed E-state index contributed by atoms with van der Waals surface area (Å²) in [6.45, 7) is 7.98. The Morgan fingerprint density at radius 1 is 1.35 bits per heavy atom. The maximum absolute atomic E-state index is 14.3. The summed E-state index contributed by atoms with van der Waals surface area (Å²) in [6, 6.07) is 8.19. The van der Waals surface area contributed by atoms with Gasteiger partial charge < -0.3 is 20.0 Å². The lowest BCUT2D eigenvalue weighted by atomic mass is 9.71. The summed E-state index contributed by atoms with van der Waals surface area (Å²) in [5.41, 5.74) is 0.954. The van der Waals surface area contributed by atoms with Crippen molar-refractivity contribution in [2.45, 2.75) is 53.7 Å². The van der Waals surface area contributed by atoms with Crippen molar-refractivity contribution in [1.29, 1.82) is 0 Å². The molecule has 3 heterocycles. The molecule has 3 aliphatic rings. The summed E-state index contributed by atoms with van der Waals surface area (Å²) in [6.07, 6.45) is 2.19. The third kappa shape index (κ3) is 3.89. The maximum Gasteiger partial charge on any atom is 0.308 e. The van der Waals surface area contributed by atoms with E-state index in [1.807, 2.05) is 44.2 Å². The summed E-state index contributed by atoms with van der Waals surface area (Å²) in [5.74, 6) is -3.33. The monoisotopic (exact) mass is 550 g/mol. The Morgan fingerprint density at radius 3 is 2.59 bits per heavy atom. The molecule has 0 aromatic heterocycles. The molecular formula is C25H31BrN2O5S. The predicted molar refractivity (Wildman–Crippen MR) is 134 cm³/mol. The van der Waals surface area contributed by atoms with E-state index in [2.05, 4.69) is 22.5 Å². The average molecular weight is 552 g/mol. The van der Waals surface area contributed by atoms with Crippen molar-refractivity contribution >= 4 is 45.5 Å². The van der Waals surface area contributed by atoms with E-state index in [9.17, 15) is 24.6 Å². The van der Waals surface area contributed by atoms with E-state index in [0.717, 1.165) is 5.56 Å². The number of likely N-dealkylation sites (tertiary alicyclic amines) is 1. The number of carbonyl (C=O) groups is 3. The van der Waals surface area contributed by atoms with Gasteiger partial charge in [0.1, 0.15) is 6.04 Å². The minimum atomic E-state index is -1.01. The minimum Gasteiger partial charge on any atom is -0.481 e. The van der Waals surface area contributed by atoms with Crippen LogP contribution in [0.1, 0.15) is 25.8 Å². The molecule has 3 unspecified atom stereocenters. The number of rotatable bonds is 9. The number of hydrogen-bond acceptors (Lipinski definition) is 5. The number of benzene rings is 1. The number of alkyl halides is 1. The molecule has 3 fully saturated rings. The highest BCUT2D eigenvalue weighted by atomic mass is 79.9. The number of carbonyl (C=O) groups excluding carboxylic acids is 2. The molecule has 1 spiro atoms. The lowest BCUT2D eigenvalue weighted by molar-refractivity contribution is -0.150. The number of fused-ring (bicyclic) bond motifs is 1. The van der Waals surface area contributed by atoms with Crippen molar-refractivity contribution in [3.05, 3.63) is 48.6 Å². The number of nitrogens with zero attached hydrogens (tertiary/aromatic N) is 2. The van der Waals surface area contributed by atoms with Crippen LogP contribution in [0.5, 0.6) is 0 Å². The van der Waals surface area contributed by atoms with E-state index in [-0.39, 0.29) is 34.4 Å². The smallest absolute Gasteiger partial charge is 0.308 e. The fourth-order valence-electron chi connectivity index (χ4n) is 5.97. The number of amides is 2. The van der Waals surface area contributed by atoms with Crippen LogP contribution in [0.15, 0.2) is 43.0 Å². The van der Waals surface area contributed by atoms with Crippen LogP contribution in [0.2, 0.25) is 0 Å². The Hall–Kier alpha value is -1.84. The number of carboxylic acids is 1. The van der Waals surface area contributed by atoms with E-state index in [0.29, 0.717) is 19.5 Å². The normalized spacial score (nSPS) is 32.7. The number of aliphatic hydroxyl groups excluding tert-OH is 1. The maximum atomic E-state index is 14.3. The highest BCUT2D eigenvalue weighted by Crippen LogP contribution is 2.68. The van der Waals surface area contributed by atoms with E-state index in [1.165, 1.54) is 16.7 Å². The van der Waals surface area contributed by atoms with Gasteiger partial charge in [-0.15, -0.1) is 18.3 Å². The number of aliphatic hydroxyl groups is 1. The zero-order valence-corrected chi connectivity index (χ0v) is 21.7. The Labute approximate surface area is 212 Å². The molecule has 1 aromatic carbocycles. The molecule has 3 saturated heterocycles. The third-order valence-electron chi connectivity index (χ3n) is 7.44. The SMILES string of the molecule is C=CCN(Cc1ccccc1)C(=O)C1N([C@@H](CO)C(C)C)C(=O)[C@@H]2[C@@H](C(=O)O)[C@@H]3SC12CC3Br. The van der Waals surface area contributed by atoms with Crippen LogP contribution in [0.25, 0.3) is 0 Å². The molecule has 184 valence electrons. The molecule has 34 heavy (non-hydrogen) atoms. The van der Waals surface area contributed by atoms with Crippen molar-refractivity contribution in [2.24, 2.45) is 17.8 Å². The number of hydrogen-bond donors (Lipinski definition) is 2. The van der Waals surface area contributed by atoms with Crippen LogP contribution >= 0.6 is 27.7 Å². The first-order chi connectivity index (χ1) is 16.2. The summed E-state index contributed by atoms with van der Waals surface area (Å²) in [7, 11) is 0. The van der Waals surface area contributed by atoms with Gasteiger partial charge in [-0.2, -0.15) is 0 Å². The lowest BCUT2D eigenvalue weighted by Gasteiger charge is -2.41. The van der Waals surface area contributed by atoms with E-state index in [1.54, 1.807) is 11.0 Å². The van der Waals surface area contributed by atoms with E-state index in [4.69, 9.17) is 0 Å². The zero-order chi connectivity index (χ0) is 24.8. The molecule has 0 radical (unpaired) electrons. The summed E-state index contributed by atoms with van der Waals surface area (Å²) >= 11 is 5.13. The molecule has 2 amide bonds. The molecular weight excluding hydrogens is 520 g/mol. The van der Waals surface area contributed by atoms with E-state index >= 15 is 0 Å². The van der Waals surface area contributed by atoms with Gasteiger partial charge in [-0.05, 0) is 17.9 Å². The topological polar surface area (TPSA) is 98.2 Å². The Balaban J connectivity index is 1.80. The number of aliphatic carboxylic acids is 1. The molecule has 2 bridgehead atoms. The van der Waals surface area contributed by atoms with Crippen LogP contribution < -0.4 is 0 Å². The second-order valence-corrected chi connectivity index (χ2v) is 12.5. The highest BCUT2D eigenvalue weighted by molar-refractivity contribution is 9.09. The predicted octanol–water partition coefficient (Wildman–Crippen LogP) is 2.77. The first-order valence-corrected chi connectivity index (χ1v) is 13.4. The number of carboxylic acid groups (broad SMARTS) is 1. The van der Waals surface area contributed by atoms with Gasteiger partial charge in [0.2, 0.25) is 11.8 Å². The van der Waals surface area contributed by atoms with Crippen molar-refractivity contribution in [3.8, 4) is 0 Å². The minimum absolute atomic E-state index is 0.105. The van der Waals surface area contributed by atoms with Crippen LogP contribution in [0.3, 0.4) is 0 Å². The van der Waals surface area contributed by atoms with E-state index < -0.39 is 34.6 Å². The van der Waals surface area contributed by atoms with Gasteiger partial charge in [0, 0.05) is 23.2 Å². The average Bonchev–Trinajstić information content (AvgIpc) is 3.38. The van der Waals surface area contributed by atoms with Crippen LogP contribution in [-0.4, -0.2) is 77.9 Å². The van der Waals surface area contributed by atoms with Crippen molar-refractivity contribution in [1.82, 2.24) is 9.80 Å². The molecule has 1 aromatic rings. The number of halogens is 1. The van der Waals surface area contributed by atoms with Gasteiger partial charge in [0.25, 0.3) is 0 Å². The van der Waals surface area contributed by atoms with Crippen molar-refractivity contribution < 1.29 is 24.6 Å². The number of thioether (sulfide) groups is 1. The fourth-order valence-corrected chi connectivity index (χ4v) is 9.56. The highest BCUT2D eigenvalue weighted by Gasteiger charge is 2.76. The lowest BCUT2D eigenvalue weighted by Crippen LogP contribution is -2.58. The third-order valence-corrected chi connectivity index (χ3v) is 10.7. The second-order valence-electron chi connectivity index (χ2n) is 9.73. The Kier molecular flexibility index (Phi) is 7.18. The molecule has 0 saturated carbocycles. The van der Waals surface area contributed by atoms with Crippen LogP contribution in [0.4, 0.5) is 0 Å². The van der Waals surface area contributed by atoms with Gasteiger partial charge in [0.15, 0.2) is 0 Å². The standard InChI is InChI=1S/C25H31BrN2O5S/c1-4-10-27(12-15-8-6-5-7-9-15)23(31)21-25-11-16(26)20(34-25)18(24(32)33)19(25)22(30)28(21)17(13-29)14(2)3/h4-9,14,16-21,29H,1,10-13H2,2-3H3,(H,32,33)/t16?,17-,18+,19-,20+,21?,25?/m0/s1. The van der Waals surface area contributed by atoms with Gasteiger partial charge >= 0.3 is 5.97 Å². The summed E-state index contributed by atoms with van der Waals surface area (Å²) < 4.78 is -0.853. The zero-order valence-electron chi connectivity index (χ0n) is 19.3. The second kappa shape index (κ2) is 9.66. The molecule has 7 atom stereocenters. The van der Waals surface area contributed by atoms with Crippen LogP contribution in [-0.2, 0) is 20.9 Å². The van der Waals surface area contributed by atoms with Gasteiger partial charge in [0.05, 0.1) is 29.2 Å².